The lowest BCUT2D eigenvalue weighted by atomic mass is 10.1. The monoisotopic (exact) mass is 357 g/mol. The number of hydrogen-bond acceptors (Lipinski definition) is 5. The number of rotatable bonds is 5. The molecule has 0 radical (unpaired) electrons. The van der Waals surface area contributed by atoms with Crippen molar-refractivity contribution in [2.75, 3.05) is 13.2 Å². The Morgan fingerprint density at radius 2 is 2.31 bits per heavy atom. The van der Waals surface area contributed by atoms with Crippen LogP contribution in [0.15, 0.2) is 36.7 Å². The molecule has 1 aliphatic rings. The molecule has 0 saturated carbocycles. The Bertz CT molecular complexity index is 966. The van der Waals surface area contributed by atoms with Crippen molar-refractivity contribution in [2.45, 2.75) is 18.9 Å². The van der Waals surface area contributed by atoms with Crippen LogP contribution in [0.2, 0.25) is 0 Å². The molecule has 1 fully saturated rings. The van der Waals surface area contributed by atoms with Crippen LogP contribution < -0.4 is 4.74 Å². The maximum absolute atomic E-state index is 13.8. The zero-order chi connectivity index (χ0) is 18.1. The second kappa shape index (κ2) is 6.72. The molecule has 3 heterocycles. The van der Waals surface area contributed by atoms with Crippen LogP contribution >= 0.6 is 0 Å². The Labute approximate surface area is 148 Å². The predicted molar refractivity (Wildman–Crippen MR) is 89.8 cm³/mol. The molecule has 1 saturated heterocycles. The van der Waals surface area contributed by atoms with Crippen LogP contribution in [0.5, 0.6) is 5.75 Å². The van der Waals surface area contributed by atoms with E-state index in [-0.39, 0.29) is 11.8 Å². The Morgan fingerprint density at radius 1 is 1.42 bits per heavy atom. The second-order valence-electron chi connectivity index (χ2n) is 6.07. The largest absolute Gasteiger partial charge is 0.490 e. The van der Waals surface area contributed by atoms with Crippen molar-refractivity contribution in [2.24, 2.45) is 0 Å². The SMILES string of the molecule is O=C(O)c1cc2ncc(-c3cc(F)ccc3OCC3CCCO3)cn2n1. The number of halogens is 1. The van der Waals surface area contributed by atoms with Crippen LogP contribution in [-0.2, 0) is 4.74 Å². The van der Waals surface area contributed by atoms with E-state index in [0.717, 1.165) is 19.4 Å². The van der Waals surface area contributed by atoms with Gasteiger partial charge < -0.3 is 14.6 Å². The minimum Gasteiger partial charge on any atom is -0.490 e. The number of carboxylic acids is 1. The van der Waals surface area contributed by atoms with Gasteiger partial charge in [-0.15, -0.1) is 0 Å². The van der Waals surface area contributed by atoms with E-state index < -0.39 is 11.8 Å². The number of aromatic carboxylic acids is 1. The van der Waals surface area contributed by atoms with Crippen molar-refractivity contribution in [1.29, 1.82) is 0 Å². The Hall–Kier alpha value is -3.00. The second-order valence-corrected chi connectivity index (χ2v) is 6.07. The Morgan fingerprint density at radius 3 is 3.08 bits per heavy atom. The molecule has 1 atom stereocenters. The molecular weight excluding hydrogens is 341 g/mol. The van der Waals surface area contributed by atoms with Gasteiger partial charge in [-0.2, -0.15) is 5.10 Å². The van der Waals surface area contributed by atoms with E-state index >= 15 is 0 Å². The first kappa shape index (κ1) is 16.5. The maximum Gasteiger partial charge on any atom is 0.356 e. The first-order chi connectivity index (χ1) is 12.6. The third-order valence-electron chi connectivity index (χ3n) is 4.23. The van der Waals surface area contributed by atoms with Gasteiger partial charge in [-0.3, -0.25) is 0 Å². The van der Waals surface area contributed by atoms with Crippen LogP contribution in [0.25, 0.3) is 16.8 Å². The molecule has 1 unspecified atom stereocenters. The summed E-state index contributed by atoms with van der Waals surface area (Å²) in [6.45, 7) is 1.12. The first-order valence-electron chi connectivity index (χ1n) is 8.23. The average molecular weight is 357 g/mol. The molecule has 1 aliphatic heterocycles. The van der Waals surface area contributed by atoms with Gasteiger partial charge in [0.25, 0.3) is 0 Å². The average Bonchev–Trinajstić information content (AvgIpc) is 3.29. The summed E-state index contributed by atoms with van der Waals surface area (Å²) >= 11 is 0. The number of aromatic nitrogens is 3. The molecule has 0 spiro atoms. The van der Waals surface area contributed by atoms with Crippen LogP contribution in [0, 0.1) is 5.82 Å². The lowest BCUT2D eigenvalue weighted by Gasteiger charge is -2.15. The van der Waals surface area contributed by atoms with Gasteiger partial charge in [-0.05, 0) is 31.0 Å². The summed E-state index contributed by atoms with van der Waals surface area (Å²) in [7, 11) is 0. The maximum atomic E-state index is 13.8. The van der Waals surface area contributed by atoms with Gasteiger partial charge in [0.1, 0.15) is 18.2 Å². The Balaban J connectivity index is 1.68. The highest BCUT2D eigenvalue weighted by Gasteiger charge is 2.18. The molecule has 1 N–H and O–H groups in total. The lowest BCUT2D eigenvalue weighted by Crippen LogP contribution is -2.16. The van der Waals surface area contributed by atoms with Crippen molar-refractivity contribution in [3.8, 4) is 16.9 Å². The topological polar surface area (TPSA) is 86.0 Å². The fraction of sp³-hybridized carbons (Fsp3) is 0.278. The van der Waals surface area contributed by atoms with Gasteiger partial charge in [0.05, 0.1) is 6.10 Å². The smallest absolute Gasteiger partial charge is 0.356 e. The Kier molecular flexibility index (Phi) is 4.26. The van der Waals surface area contributed by atoms with Crippen LogP contribution in [-0.4, -0.2) is 45.0 Å². The molecule has 7 nitrogen and oxygen atoms in total. The lowest BCUT2D eigenvalue weighted by molar-refractivity contribution is 0.0681. The standard InChI is InChI=1S/C18H16FN3O4/c19-12-3-4-16(26-10-13-2-1-5-25-13)14(6-12)11-8-20-17-7-15(18(23)24)21-22(17)9-11/h3-4,6-9,13H,1-2,5,10H2,(H,23,24). The number of ether oxygens (including phenoxy) is 2. The summed E-state index contributed by atoms with van der Waals surface area (Å²) in [6, 6.07) is 5.62. The number of hydrogen-bond donors (Lipinski definition) is 1. The molecule has 2 aromatic heterocycles. The first-order valence-corrected chi connectivity index (χ1v) is 8.23. The van der Waals surface area contributed by atoms with Gasteiger partial charge in [-0.1, -0.05) is 0 Å². The van der Waals surface area contributed by atoms with Gasteiger partial charge in [0.15, 0.2) is 11.3 Å². The van der Waals surface area contributed by atoms with E-state index in [0.29, 0.717) is 29.1 Å². The highest BCUT2D eigenvalue weighted by molar-refractivity contribution is 5.86. The van der Waals surface area contributed by atoms with E-state index in [1.165, 1.54) is 28.9 Å². The van der Waals surface area contributed by atoms with Gasteiger partial charge in [-0.25, -0.2) is 18.7 Å². The minimum absolute atomic E-state index is 0.0396. The predicted octanol–water partition coefficient (Wildman–Crippen LogP) is 2.79. The number of carbonyl (C=O) groups is 1. The molecule has 1 aromatic carbocycles. The molecule has 0 aliphatic carbocycles. The summed E-state index contributed by atoms with van der Waals surface area (Å²) in [6.07, 6.45) is 5.13. The molecule has 8 heteroatoms. The van der Waals surface area contributed by atoms with Crippen LogP contribution in [0.3, 0.4) is 0 Å². The van der Waals surface area contributed by atoms with Crippen molar-refractivity contribution < 1.29 is 23.8 Å². The fourth-order valence-electron chi connectivity index (χ4n) is 2.93. The molecule has 0 amide bonds. The summed E-state index contributed by atoms with van der Waals surface area (Å²) in [5.74, 6) is -1.03. The number of benzene rings is 1. The van der Waals surface area contributed by atoms with E-state index in [1.807, 2.05) is 0 Å². The zero-order valence-electron chi connectivity index (χ0n) is 13.8. The summed E-state index contributed by atoms with van der Waals surface area (Å²) in [4.78, 5) is 15.3. The van der Waals surface area contributed by atoms with E-state index in [2.05, 4.69) is 10.1 Å². The molecule has 134 valence electrons. The fourth-order valence-corrected chi connectivity index (χ4v) is 2.93. The summed E-state index contributed by atoms with van der Waals surface area (Å²) < 4.78 is 26.5. The molecule has 0 bridgehead atoms. The number of nitrogens with zero attached hydrogens (tertiary/aromatic N) is 3. The van der Waals surface area contributed by atoms with Crippen LogP contribution in [0.4, 0.5) is 4.39 Å². The van der Waals surface area contributed by atoms with E-state index in [1.54, 1.807) is 12.3 Å². The van der Waals surface area contributed by atoms with Gasteiger partial charge >= 0.3 is 5.97 Å². The highest BCUT2D eigenvalue weighted by Crippen LogP contribution is 2.31. The van der Waals surface area contributed by atoms with E-state index in [9.17, 15) is 9.18 Å². The molecule has 26 heavy (non-hydrogen) atoms. The normalized spacial score (nSPS) is 16.9. The quantitative estimate of drug-likeness (QED) is 0.756. The molecular formula is C18H16FN3O4. The highest BCUT2D eigenvalue weighted by atomic mass is 19.1. The zero-order valence-corrected chi connectivity index (χ0v) is 13.8. The third-order valence-corrected chi connectivity index (χ3v) is 4.23. The van der Waals surface area contributed by atoms with Crippen molar-refractivity contribution in [1.82, 2.24) is 14.6 Å². The van der Waals surface area contributed by atoms with Gasteiger partial charge in [0.2, 0.25) is 0 Å². The van der Waals surface area contributed by atoms with E-state index in [4.69, 9.17) is 14.6 Å². The van der Waals surface area contributed by atoms with Crippen LogP contribution in [0.1, 0.15) is 23.3 Å². The minimum atomic E-state index is -1.14. The molecule has 3 aromatic rings. The summed E-state index contributed by atoms with van der Waals surface area (Å²) in [5, 5.41) is 13.0. The number of carboxylic acid groups (broad SMARTS) is 1. The summed E-state index contributed by atoms with van der Waals surface area (Å²) in [5.41, 5.74) is 1.37. The van der Waals surface area contributed by atoms with Crippen molar-refractivity contribution >= 4 is 11.6 Å². The molecule has 4 rings (SSSR count). The number of fused-ring (bicyclic) bond motifs is 1. The van der Waals surface area contributed by atoms with Gasteiger partial charge in [0, 0.05) is 36.2 Å². The third kappa shape index (κ3) is 3.23. The van der Waals surface area contributed by atoms with Crippen molar-refractivity contribution in [3.63, 3.8) is 0 Å². The van der Waals surface area contributed by atoms with Crippen molar-refractivity contribution in [3.05, 3.63) is 48.2 Å².